The van der Waals surface area contributed by atoms with Crippen LogP contribution in [-0.4, -0.2) is 34.4 Å². The minimum atomic E-state index is -0.458. The number of amides is 2. The highest BCUT2D eigenvalue weighted by molar-refractivity contribution is 7.17. The van der Waals surface area contributed by atoms with Crippen LogP contribution < -0.4 is 10.1 Å². The fourth-order valence-corrected chi connectivity index (χ4v) is 4.71. The van der Waals surface area contributed by atoms with Crippen LogP contribution in [0.4, 0.5) is 5.69 Å². The SMILES string of the molecule is COC(=O)Cn1c(=NC(=O)c2ccc3ncsc3c2)sc2cc(NC(C)=O)ccc21. The van der Waals surface area contributed by atoms with Crippen molar-refractivity contribution in [3.63, 3.8) is 0 Å². The highest BCUT2D eigenvalue weighted by Gasteiger charge is 2.14. The summed E-state index contributed by atoms with van der Waals surface area (Å²) in [4.78, 5) is 44.9. The maximum atomic E-state index is 12.8. The van der Waals surface area contributed by atoms with Crippen LogP contribution in [0, 0.1) is 0 Å². The first kappa shape index (κ1) is 19.9. The molecule has 0 saturated heterocycles. The van der Waals surface area contributed by atoms with Gasteiger partial charge in [-0.15, -0.1) is 11.3 Å². The van der Waals surface area contributed by atoms with E-state index in [-0.39, 0.29) is 12.5 Å². The lowest BCUT2D eigenvalue weighted by Crippen LogP contribution is -2.22. The van der Waals surface area contributed by atoms with E-state index < -0.39 is 11.9 Å². The van der Waals surface area contributed by atoms with Gasteiger partial charge in [0.05, 0.1) is 33.1 Å². The number of fused-ring (bicyclic) bond motifs is 2. The van der Waals surface area contributed by atoms with Crippen LogP contribution in [0.5, 0.6) is 0 Å². The van der Waals surface area contributed by atoms with E-state index in [0.29, 0.717) is 21.6 Å². The summed E-state index contributed by atoms with van der Waals surface area (Å²) in [6, 6.07) is 10.5. The van der Waals surface area contributed by atoms with Crippen LogP contribution in [0.2, 0.25) is 0 Å². The van der Waals surface area contributed by atoms with Gasteiger partial charge in [-0.05, 0) is 36.4 Å². The number of esters is 1. The average molecular weight is 441 g/mol. The van der Waals surface area contributed by atoms with Crippen molar-refractivity contribution in [3.05, 3.63) is 52.3 Å². The topological polar surface area (TPSA) is 103 Å². The van der Waals surface area contributed by atoms with Gasteiger partial charge >= 0.3 is 5.97 Å². The minimum Gasteiger partial charge on any atom is -0.468 e. The molecular formula is C20H16N4O4S2. The third kappa shape index (κ3) is 4.00. The molecule has 10 heteroatoms. The van der Waals surface area contributed by atoms with Gasteiger partial charge in [0.2, 0.25) is 5.91 Å². The predicted octanol–water partition coefficient (Wildman–Crippen LogP) is 3.19. The first-order valence-corrected chi connectivity index (χ1v) is 10.5. The van der Waals surface area contributed by atoms with Crippen LogP contribution >= 0.6 is 22.7 Å². The summed E-state index contributed by atoms with van der Waals surface area (Å²) in [5.41, 5.74) is 4.32. The minimum absolute atomic E-state index is 0.0873. The van der Waals surface area contributed by atoms with Gasteiger partial charge in [-0.1, -0.05) is 11.3 Å². The summed E-state index contributed by atoms with van der Waals surface area (Å²) < 4.78 is 8.09. The highest BCUT2D eigenvalue weighted by Crippen LogP contribution is 2.23. The fourth-order valence-electron chi connectivity index (χ4n) is 2.93. The first-order chi connectivity index (χ1) is 14.4. The lowest BCUT2D eigenvalue weighted by Gasteiger charge is -2.05. The van der Waals surface area contributed by atoms with Gasteiger partial charge in [-0.3, -0.25) is 14.4 Å². The van der Waals surface area contributed by atoms with Crippen molar-refractivity contribution in [1.29, 1.82) is 0 Å². The maximum absolute atomic E-state index is 12.8. The van der Waals surface area contributed by atoms with Crippen molar-refractivity contribution in [3.8, 4) is 0 Å². The molecule has 152 valence electrons. The molecule has 0 aliphatic rings. The third-order valence-corrected chi connectivity index (χ3v) is 6.13. The second-order valence-corrected chi connectivity index (χ2v) is 8.26. The molecular weight excluding hydrogens is 424 g/mol. The summed E-state index contributed by atoms with van der Waals surface area (Å²) in [6.07, 6.45) is 0. The van der Waals surface area contributed by atoms with Crippen molar-refractivity contribution in [2.75, 3.05) is 12.4 Å². The lowest BCUT2D eigenvalue weighted by molar-refractivity contribution is -0.141. The van der Waals surface area contributed by atoms with Gasteiger partial charge in [0.15, 0.2) is 4.80 Å². The van der Waals surface area contributed by atoms with Crippen LogP contribution in [0.25, 0.3) is 20.4 Å². The molecule has 0 aliphatic heterocycles. The van der Waals surface area contributed by atoms with E-state index in [9.17, 15) is 14.4 Å². The Balaban J connectivity index is 1.81. The number of carbonyl (C=O) groups is 3. The number of aromatic nitrogens is 2. The smallest absolute Gasteiger partial charge is 0.325 e. The number of hydrogen-bond donors (Lipinski definition) is 1. The second-order valence-electron chi connectivity index (χ2n) is 6.36. The number of thiazole rings is 2. The molecule has 30 heavy (non-hydrogen) atoms. The Hall–Kier alpha value is -3.37. The molecule has 2 heterocycles. The molecule has 1 N–H and O–H groups in total. The molecule has 0 aliphatic carbocycles. The zero-order valence-corrected chi connectivity index (χ0v) is 17.7. The van der Waals surface area contributed by atoms with Crippen molar-refractivity contribution in [2.24, 2.45) is 4.99 Å². The van der Waals surface area contributed by atoms with Crippen LogP contribution in [0.15, 0.2) is 46.9 Å². The monoisotopic (exact) mass is 440 g/mol. The van der Waals surface area contributed by atoms with E-state index >= 15 is 0 Å². The van der Waals surface area contributed by atoms with Gasteiger partial charge < -0.3 is 14.6 Å². The lowest BCUT2D eigenvalue weighted by atomic mass is 10.2. The van der Waals surface area contributed by atoms with Gasteiger partial charge in [0.25, 0.3) is 5.91 Å². The summed E-state index contributed by atoms with van der Waals surface area (Å²) in [6.45, 7) is 1.34. The second kappa shape index (κ2) is 8.17. The van der Waals surface area contributed by atoms with E-state index in [1.165, 1.54) is 36.7 Å². The van der Waals surface area contributed by atoms with Crippen molar-refractivity contribution in [1.82, 2.24) is 9.55 Å². The number of nitrogens with zero attached hydrogens (tertiary/aromatic N) is 3. The van der Waals surface area contributed by atoms with E-state index in [2.05, 4.69) is 15.3 Å². The predicted molar refractivity (Wildman–Crippen MR) is 116 cm³/mol. The molecule has 0 fully saturated rings. The van der Waals surface area contributed by atoms with Gasteiger partial charge in [-0.2, -0.15) is 4.99 Å². The molecule has 0 atom stereocenters. The standard InChI is InChI=1S/C20H16N4O4S2/c1-11(25)22-13-4-6-15-17(8-13)30-20(24(15)9-18(26)28-2)23-19(27)12-3-5-14-16(7-12)29-10-21-14/h3-8,10H,9H2,1-2H3,(H,22,25). The number of methoxy groups -OCH3 is 1. The van der Waals surface area contributed by atoms with E-state index in [4.69, 9.17) is 4.74 Å². The number of hydrogen-bond acceptors (Lipinski definition) is 7. The molecule has 4 rings (SSSR count). The van der Waals surface area contributed by atoms with Gasteiger partial charge in [0.1, 0.15) is 6.54 Å². The number of ether oxygens (including phenoxy) is 1. The number of nitrogens with one attached hydrogen (secondary N) is 1. The molecule has 2 amide bonds. The largest absolute Gasteiger partial charge is 0.468 e. The zero-order valence-electron chi connectivity index (χ0n) is 16.0. The van der Waals surface area contributed by atoms with E-state index in [1.54, 1.807) is 46.5 Å². The Morgan fingerprint density at radius 2 is 2.00 bits per heavy atom. The third-order valence-electron chi connectivity index (χ3n) is 4.29. The van der Waals surface area contributed by atoms with E-state index in [0.717, 1.165) is 14.9 Å². The molecule has 4 aromatic rings. The van der Waals surface area contributed by atoms with Gasteiger partial charge in [-0.25, -0.2) is 4.98 Å². The summed E-state index contributed by atoms with van der Waals surface area (Å²) in [7, 11) is 1.30. The molecule has 0 radical (unpaired) electrons. The molecule has 2 aromatic heterocycles. The Morgan fingerprint density at radius 1 is 1.17 bits per heavy atom. The first-order valence-electron chi connectivity index (χ1n) is 8.84. The Labute approximate surface area is 178 Å². The van der Waals surface area contributed by atoms with Crippen molar-refractivity contribution >= 4 is 66.6 Å². The quantitative estimate of drug-likeness (QED) is 0.491. The van der Waals surface area contributed by atoms with Crippen LogP contribution in [0.1, 0.15) is 17.3 Å². The Kier molecular flexibility index (Phi) is 5.42. The van der Waals surface area contributed by atoms with E-state index in [1.807, 2.05) is 0 Å². The zero-order chi connectivity index (χ0) is 21.3. The number of carbonyl (C=O) groups excluding carboxylic acids is 3. The molecule has 0 spiro atoms. The Bertz CT molecular complexity index is 1370. The average Bonchev–Trinajstić information content (AvgIpc) is 3.31. The number of benzene rings is 2. The number of anilines is 1. The summed E-state index contributed by atoms with van der Waals surface area (Å²) in [5, 5.41) is 2.72. The Morgan fingerprint density at radius 3 is 2.77 bits per heavy atom. The molecule has 2 aromatic carbocycles. The van der Waals surface area contributed by atoms with Gasteiger partial charge in [0, 0.05) is 18.2 Å². The number of rotatable bonds is 4. The van der Waals surface area contributed by atoms with Crippen LogP contribution in [-0.2, 0) is 20.9 Å². The summed E-state index contributed by atoms with van der Waals surface area (Å²) in [5.74, 6) is -1.06. The molecule has 8 nitrogen and oxygen atoms in total. The highest BCUT2D eigenvalue weighted by atomic mass is 32.1. The fraction of sp³-hybridized carbons (Fsp3) is 0.150. The molecule has 0 saturated carbocycles. The molecule has 0 bridgehead atoms. The summed E-state index contributed by atoms with van der Waals surface area (Å²) >= 11 is 2.70. The van der Waals surface area contributed by atoms with Crippen LogP contribution in [0.3, 0.4) is 0 Å². The van der Waals surface area contributed by atoms with Crippen molar-refractivity contribution < 1.29 is 19.1 Å². The molecule has 0 unspecified atom stereocenters. The van der Waals surface area contributed by atoms with Crippen molar-refractivity contribution in [2.45, 2.75) is 13.5 Å². The maximum Gasteiger partial charge on any atom is 0.325 e. The normalized spacial score (nSPS) is 11.7.